The second-order valence-corrected chi connectivity index (χ2v) is 7.26. The summed E-state index contributed by atoms with van der Waals surface area (Å²) in [6, 6.07) is 2.36. The van der Waals surface area contributed by atoms with Crippen molar-refractivity contribution in [2.75, 3.05) is 39.3 Å². The minimum atomic E-state index is -0.250. The lowest BCUT2D eigenvalue weighted by atomic mass is 10.00. The first kappa shape index (κ1) is 21.9. The van der Waals surface area contributed by atoms with Crippen LogP contribution in [0, 0.1) is 0 Å². The molecule has 2 aliphatic rings. The van der Waals surface area contributed by atoms with Crippen molar-refractivity contribution in [3.63, 3.8) is 0 Å². The molecule has 1 aromatic rings. The van der Waals surface area contributed by atoms with E-state index in [4.69, 9.17) is 9.90 Å². The molecule has 0 aliphatic carbocycles. The van der Waals surface area contributed by atoms with Crippen LogP contribution in [0.15, 0.2) is 18.5 Å². The number of carboxylic acid groups (broad SMARTS) is 1. The third kappa shape index (κ3) is 6.09. The van der Waals surface area contributed by atoms with Crippen molar-refractivity contribution >= 4 is 18.3 Å². The number of nitrogens with zero attached hydrogens (tertiary/aromatic N) is 3. The monoisotopic (exact) mass is 392 g/mol. The lowest BCUT2D eigenvalue weighted by Gasteiger charge is -2.36. The standard InChI is InChI=1S/C19H30N4O2.CH2O2/c1-2-17-6-3-4-9-23(17)15-18(24)21-10-5-11-22(13-12-21)19(25)16-7-8-20-14-16;2-1-3/h7-8,14,17,20H,2-6,9-13,15H2,1H3;1H,(H,2,3). The SMILES string of the molecule is CCC1CCCCN1CC(=O)N1CCCN(C(=O)c2cc[nH]c2)CC1.O=CO. The van der Waals surface area contributed by atoms with E-state index in [0.29, 0.717) is 31.2 Å². The van der Waals surface area contributed by atoms with Gasteiger partial charge in [0, 0.05) is 44.6 Å². The smallest absolute Gasteiger partial charge is 0.290 e. The molecule has 2 aliphatic heterocycles. The van der Waals surface area contributed by atoms with E-state index in [1.165, 1.54) is 19.3 Å². The quantitative estimate of drug-likeness (QED) is 0.760. The molecular formula is C20H32N4O4. The van der Waals surface area contributed by atoms with Gasteiger partial charge in [-0.1, -0.05) is 13.3 Å². The van der Waals surface area contributed by atoms with E-state index in [9.17, 15) is 9.59 Å². The van der Waals surface area contributed by atoms with E-state index in [0.717, 1.165) is 32.5 Å². The van der Waals surface area contributed by atoms with Gasteiger partial charge in [0.15, 0.2) is 0 Å². The first-order valence-corrected chi connectivity index (χ1v) is 10.1. The summed E-state index contributed by atoms with van der Waals surface area (Å²) < 4.78 is 0. The van der Waals surface area contributed by atoms with Crippen LogP contribution in [0.5, 0.6) is 0 Å². The van der Waals surface area contributed by atoms with Crippen molar-refractivity contribution in [1.29, 1.82) is 0 Å². The van der Waals surface area contributed by atoms with Crippen molar-refractivity contribution < 1.29 is 19.5 Å². The number of carbonyl (C=O) groups excluding carboxylic acids is 2. The van der Waals surface area contributed by atoms with E-state index < -0.39 is 0 Å². The van der Waals surface area contributed by atoms with E-state index in [2.05, 4.69) is 16.8 Å². The first-order chi connectivity index (χ1) is 13.6. The Labute approximate surface area is 166 Å². The van der Waals surface area contributed by atoms with Gasteiger partial charge < -0.3 is 19.9 Å². The fraction of sp³-hybridized carbons (Fsp3) is 0.650. The first-order valence-electron chi connectivity index (χ1n) is 10.1. The Bertz CT molecular complexity index is 620. The molecule has 0 saturated carbocycles. The van der Waals surface area contributed by atoms with Gasteiger partial charge in [-0.05, 0) is 38.3 Å². The molecule has 2 fully saturated rings. The van der Waals surface area contributed by atoms with Gasteiger partial charge in [0.25, 0.3) is 12.4 Å². The van der Waals surface area contributed by atoms with Crippen LogP contribution in [-0.2, 0) is 9.59 Å². The number of nitrogens with one attached hydrogen (secondary N) is 1. The molecule has 2 saturated heterocycles. The summed E-state index contributed by atoms with van der Waals surface area (Å²) in [6.07, 6.45) is 9.15. The molecule has 1 aromatic heterocycles. The average molecular weight is 393 g/mol. The Morgan fingerprint density at radius 1 is 1.14 bits per heavy atom. The molecule has 0 radical (unpaired) electrons. The second kappa shape index (κ2) is 11.5. The molecule has 28 heavy (non-hydrogen) atoms. The molecule has 3 heterocycles. The minimum Gasteiger partial charge on any atom is -0.483 e. The highest BCUT2D eigenvalue weighted by Gasteiger charge is 2.27. The molecule has 8 nitrogen and oxygen atoms in total. The summed E-state index contributed by atoms with van der Waals surface area (Å²) in [6.45, 7) is 6.26. The van der Waals surface area contributed by atoms with Gasteiger partial charge in [0.05, 0.1) is 12.1 Å². The van der Waals surface area contributed by atoms with E-state index in [1.807, 2.05) is 9.80 Å². The summed E-state index contributed by atoms with van der Waals surface area (Å²) in [5.74, 6) is 0.272. The van der Waals surface area contributed by atoms with E-state index in [1.54, 1.807) is 18.5 Å². The fourth-order valence-corrected chi connectivity index (χ4v) is 4.01. The number of carbonyl (C=O) groups is 3. The molecule has 2 N–H and O–H groups in total. The van der Waals surface area contributed by atoms with Crippen LogP contribution in [0.25, 0.3) is 0 Å². The fourth-order valence-electron chi connectivity index (χ4n) is 4.01. The highest BCUT2D eigenvalue weighted by Crippen LogP contribution is 2.19. The van der Waals surface area contributed by atoms with Crippen molar-refractivity contribution in [3.05, 3.63) is 24.0 Å². The van der Waals surface area contributed by atoms with Crippen LogP contribution in [0.2, 0.25) is 0 Å². The zero-order chi connectivity index (χ0) is 20.4. The van der Waals surface area contributed by atoms with Gasteiger partial charge in [0.1, 0.15) is 0 Å². The number of likely N-dealkylation sites (tertiary alicyclic amines) is 1. The van der Waals surface area contributed by atoms with Crippen molar-refractivity contribution in [3.8, 4) is 0 Å². The van der Waals surface area contributed by atoms with Crippen molar-refractivity contribution in [2.45, 2.75) is 45.1 Å². The number of H-pyrrole nitrogens is 1. The minimum absolute atomic E-state index is 0.0534. The van der Waals surface area contributed by atoms with Crippen LogP contribution in [0.1, 0.15) is 49.4 Å². The van der Waals surface area contributed by atoms with Gasteiger partial charge in [0.2, 0.25) is 5.91 Å². The maximum absolute atomic E-state index is 12.8. The molecular weight excluding hydrogens is 360 g/mol. The summed E-state index contributed by atoms with van der Waals surface area (Å²) in [5.41, 5.74) is 0.693. The maximum Gasteiger partial charge on any atom is 0.290 e. The summed E-state index contributed by atoms with van der Waals surface area (Å²) in [5, 5.41) is 6.89. The maximum atomic E-state index is 12.8. The molecule has 1 unspecified atom stereocenters. The molecule has 1 atom stereocenters. The van der Waals surface area contributed by atoms with Crippen LogP contribution in [0.3, 0.4) is 0 Å². The molecule has 2 amide bonds. The Balaban J connectivity index is 0.000000878. The van der Waals surface area contributed by atoms with Crippen molar-refractivity contribution in [1.82, 2.24) is 19.7 Å². The van der Waals surface area contributed by atoms with E-state index in [-0.39, 0.29) is 18.3 Å². The highest BCUT2D eigenvalue weighted by atomic mass is 16.3. The van der Waals surface area contributed by atoms with Crippen LogP contribution in [-0.4, -0.2) is 88.4 Å². The number of amides is 2. The molecule has 8 heteroatoms. The number of piperidine rings is 1. The number of aromatic nitrogens is 1. The Hall–Kier alpha value is -2.35. The predicted molar refractivity (Wildman–Crippen MR) is 106 cm³/mol. The van der Waals surface area contributed by atoms with Gasteiger partial charge in [-0.25, -0.2) is 0 Å². The van der Waals surface area contributed by atoms with Gasteiger partial charge in [-0.15, -0.1) is 0 Å². The lowest BCUT2D eigenvalue weighted by Crippen LogP contribution is -2.47. The topological polar surface area (TPSA) is 97.0 Å². The van der Waals surface area contributed by atoms with E-state index >= 15 is 0 Å². The largest absolute Gasteiger partial charge is 0.483 e. The van der Waals surface area contributed by atoms with Crippen LogP contribution in [0.4, 0.5) is 0 Å². The number of aromatic amines is 1. The Morgan fingerprint density at radius 3 is 2.54 bits per heavy atom. The number of rotatable bonds is 4. The summed E-state index contributed by atoms with van der Waals surface area (Å²) in [7, 11) is 0. The summed E-state index contributed by atoms with van der Waals surface area (Å²) in [4.78, 5) is 42.7. The number of hydrogen-bond acceptors (Lipinski definition) is 4. The zero-order valence-electron chi connectivity index (χ0n) is 16.7. The third-order valence-corrected chi connectivity index (χ3v) is 5.54. The average Bonchev–Trinajstić information content (AvgIpc) is 3.13. The molecule has 0 bridgehead atoms. The third-order valence-electron chi connectivity index (χ3n) is 5.54. The molecule has 156 valence electrons. The van der Waals surface area contributed by atoms with Crippen molar-refractivity contribution in [2.24, 2.45) is 0 Å². The Morgan fingerprint density at radius 2 is 1.86 bits per heavy atom. The second-order valence-electron chi connectivity index (χ2n) is 7.26. The van der Waals surface area contributed by atoms with Crippen LogP contribution >= 0.6 is 0 Å². The zero-order valence-corrected chi connectivity index (χ0v) is 16.7. The molecule has 3 rings (SSSR count). The van der Waals surface area contributed by atoms with Gasteiger partial charge in [-0.3, -0.25) is 19.3 Å². The normalized spacial score (nSPS) is 20.7. The predicted octanol–water partition coefficient (Wildman–Crippen LogP) is 1.65. The molecule has 0 aromatic carbocycles. The van der Waals surface area contributed by atoms with Gasteiger partial charge in [-0.2, -0.15) is 0 Å². The Kier molecular flexibility index (Phi) is 9.00. The van der Waals surface area contributed by atoms with Crippen LogP contribution < -0.4 is 0 Å². The molecule has 0 spiro atoms. The van der Waals surface area contributed by atoms with Gasteiger partial charge >= 0.3 is 0 Å². The number of hydrogen-bond donors (Lipinski definition) is 2. The summed E-state index contributed by atoms with van der Waals surface area (Å²) >= 11 is 0. The lowest BCUT2D eigenvalue weighted by molar-refractivity contribution is -0.133. The highest BCUT2D eigenvalue weighted by molar-refractivity contribution is 5.94.